The van der Waals surface area contributed by atoms with E-state index in [1.54, 1.807) is 44.2 Å². The molecule has 0 amide bonds. The van der Waals surface area contributed by atoms with Gasteiger partial charge in [0.1, 0.15) is 22.0 Å². The van der Waals surface area contributed by atoms with Gasteiger partial charge in [0.2, 0.25) is 0 Å². The molecule has 1 atom stereocenters. The molecular weight excluding hydrogens is 454 g/mol. The largest absolute Gasteiger partial charge is 0.508 e. The van der Waals surface area contributed by atoms with Crippen molar-refractivity contribution in [2.75, 3.05) is 0 Å². The van der Waals surface area contributed by atoms with Crippen molar-refractivity contribution in [2.24, 2.45) is 5.73 Å². The fraction of sp³-hybridized carbons (Fsp3) is 0.160. The number of aromatic hydroxyl groups is 2. The molecule has 4 N–H and O–H groups in total. The Hall–Kier alpha value is -4.29. The number of nitrogens with two attached hydrogens (primary N) is 1. The van der Waals surface area contributed by atoms with Gasteiger partial charge in [-0.2, -0.15) is 5.26 Å². The van der Waals surface area contributed by atoms with Crippen LogP contribution in [0.4, 0.5) is 0 Å². The zero-order valence-electron chi connectivity index (χ0n) is 18.4. The van der Waals surface area contributed by atoms with E-state index in [4.69, 9.17) is 10.5 Å². The second-order valence-corrected chi connectivity index (χ2v) is 8.98. The third kappa shape index (κ3) is 4.07. The Morgan fingerprint density at radius 3 is 2.29 bits per heavy atom. The number of carbonyl (C=O) groups is 1. The number of phenols is 2. The van der Waals surface area contributed by atoms with Gasteiger partial charge < -0.3 is 20.7 Å². The van der Waals surface area contributed by atoms with Gasteiger partial charge in [-0.05, 0) is 55.3 Å². The molecule has 9 heteroatoms. The number of carbonyl (C=O) groups excluding carboxylic acids is 1. The summed E-state index contributed by atoms with van der Waals surface area (Å²) in [4.78, 5) is 26.6. The zero-order chi connectivity index (χ0) is 24.6. The molecule has 0 spiro atoms. The van der Waals surface area contributed by atoms with Crippen LogP contribution in [-0.2, 0) is 9.53 Å². The molecule has 4 rings (SSSR count). The van der Waals surface area contributed by atoms with Crippen molar-refractivity contribution in [2.45, 2.75) is 25.9 Å². The Bertz CT molecular complexity index is 1520. The number of nitriles is 1. The summed E-state index contributed by atoms with van der Waals surface area (Å²) in [5, 5.41) is 29.2. The Labute approximate surface area is 198 Å². The molecule has 2 heterocycles. The van der Waals surface area contributed by atoms with Gasteiger partial charge in [-0.15, -0.1) is 11.3 Å². The number of aromatic nitrogens is 1. The first-order valence-electron chi connectivity index (χ1n) is 10.4. The van der Waals surface area contributed by atoms with Gasteiger partial charge >= 0.3 is 5.97 Å². The number of thiazole rings is 1. The molecule has 0 saturated carbocycles. The lowest BCUT2D eigenvalue weighted by Gasteiger charge is -2.25. The number of benzene rings is 2. The number of phenolic OH excluding ortho intramolecular Hbond substituents is 2. The minimum absolute atomic E-state index is 0.0279. The molecule has 1 aliphatic rings. The summed E-state index contributed by atoms with van der Waals surface area (Å²) in [5.41, 5.74) is 7.21. The smallest absolute Gasteiger partial charge is 0.338 e. The number of rotatable bonds is 4. The third-order valence-electron chi connectivity index (χ3n) is 5.25. The van der Waals surface area contributed by atoms with Crippen molar-refractivity contribution < 1.29 is 19.7 Å². The minimum atomic E-state index is -0.878. The number of hydrogen-bond acceptors (Lipinski definition) is 8. The SMILES string of the molecule is CC(C)OC(=O)C1=c2sc(=Cc3ccc(O)cc3)c(=O)n2C(N)=C(C#N)[C@H]1c1ccc(O)cc1. The maximum Gasteiger partial charge on any atom is 0.338 e. The van der Waals surface area contributed by atoms with Crippen LogP contribution in [-0.4, -0.2) is 26.9 Å². The molecule has 172 valence electrons. The monoisotopic (exact) mass is 475 g/mol. The molecule has 0 aliphatic carbocycles. The predicted molar refractivity (Wildman–Crippen MR) is 128 cm³/mol. The first kappa shape index (κ1) is 22.9. The van der Waals surface area contributed by atoms with E-state index in [1.165, 1.54) is 28.8 Å². The zero-order valence-corrected chi connectivity index (χ0v) is 19.2. The van der Waals surface area contributed by atoms with Crippen molar-refractivity contribution in [1.82, 2.24) is 4.57 Å². The second-order valence-electron chi connectivity index (χ2n) is 7.95. The van der Waals surface area contributed by atoms with Crippen LogP contribution >= 0.6 is 11.3 Å². The fourth-order valence-corrected chi connectivity index (χ4v) is 4.91. The summed E-state index contributed by atoms with van der Waals surface area (Å²) >= 11 is 1.06. The maximum atomic E-state index is 13.3. The molecular formula is C25H21N3O5S. The molecule has 1 aromatic heterocycles. The summed E-state index contributed by atoms with van der Waals surface area (Å²) in [6.45, 7) is 3.41. The van der Waals surface area contributed by atoms with Crippen molar-refractivity contribution in [1.29, 1.82) is 5.26 Å². The van der Waals surface area contributed by atoms with E-state index >= 15 is 0 Å². The van der Waals surface area contributed by atoms with Crippen molar-refractivity contribution >= 4 is 34.8 Å². The number of fused-ring (bicyclic) bond motifs is 1. The van der Waals surface area contributed by atoms with Gasteiger partial charge in [0.25, 0.3) is 5.56 Å². The topological polar surface area (TPSA) is 139 Å². The fourth-order valence-electron chi connectivity index (χ4n) is 3.74. The van der Waals surface area contributed by atoms with Gasteiger partial charge in [0, 0.05) is 0 Å². The van der Waals surface area contributed by atoms with Gasteiger partial charge in [-0.3, -0.25) is 9.36 Å². The second kappa shape index (κ2) is 8.92. The first-order valence-corrected chi connectivity index (χ1v) is 11.2. The third-order valence-corrected chi connectivity index (χ3v) is 6.36. The van der Waals surface area contributed by atoms with E-state index in [1.807, 2.05) is 0 Å². The normalized spacial score (nSPS) is 15.9. The lowest BCUT2D eigenvalue weighted by atomic mass is 9.84. The van der Waals surface area contributed by atoms with Crippen LogP contribution in [0.2, 0.25) is 0 Å². The summed E-state index contributed by atoms with van der Waals surface area (Å²) in [6, 6.07) is 14.4. The van der Waals surface area contributed by atoms with E-state index in [2.05, 4.69) is 6.07 Å². The van der Waals surface area contributed by atoms with Crippen LogP contribution < -0.4 is 20.5 Å². The van der Waals surface area contributed by atoms with Crippen LogP contribution in [0.5, 0.6) is 11.5 Å². The van der Waals surface area contributed by atoms with E-state index in [0.717, 1.165) is 11.3 Å². The molecule has 2 aromatic carbocycles. The summed E-state index contributed by atoms with van der Waals surface area (Å²) in [7, 11) is 0. The highest BCUT2D eigenvalue weighted by Crippen LogP contribution is 2.37. The van der Waals surface area contributed by atoms with Crippen molar-refractivity contribution in [3.63, 3.8) is 0 Å². The van der Waals surface area contributed by atoms with E-state index in [9.17, 15) is 25.1 Å². The van der Waals surface area contributed by atoms with Gasteiger partial charge in [-0.25, -0.2) is 4.79 Å². The highest BCUT2D eigenvalue weighted by molar-refractivity contribution is 7.07. The number of hydrogen-bond donors (Lipinski definition) is 3. The molecule has 0 bridgehead atoms. The molecule has 1 aliphatic heterocycles. The molecule has 34 heavy (non-hydrogen) atoms. The van der Waals surface area contributed by atoms with E-state index in [0.29, 0.717) is 15.7 Å². The number of ether oxygens (including phenoxy) is 1. The number of allylic oxidation sites excluding steroid dienone is 1. The highest BCUT2D eigenvalue weighted by Gasteiger charge is 2.36. The van der Waals surface area contributed by atoms with Crippen LogP contribution in [0.3, 0.4) is 0 Å². The van der Waals surface area contributed by atoms with Gasteiger partial charge in [0.15, 0.2) is 0 Å². The Balaban J connectivity index is 2.08. The van der Waals surface area contributed by atoms with E-state index in [-0.39, 0.29) is 33.1 Å². The molecule has 0 unspecified atom stereocenters. The quantitative estimate of drug-likeness (QED) is 0.488. The Morgan fingerprint density at radius 1 is 1.15 bits per heavy atom. The summed E-state index contributed by atoms with van der Waals surface area (Å²) in [5.74, 6) is -1.49. The van der Waals surface area contributed by atoms with Crippen molar-refractivity contribution in [3.8, 4) is 17.6 Å². The lowest BCUT2D eigenvalue weighted by Crippen LogP contribution is -2.40. The highest BCUT2D eigenvalue weighted by atomic mass is 32.1. The number of esters is 1. The Morgan fingerprint density at radius 2 is 1.74 bits per heavy atom. The molecule has 3 aromatic rings. The molecule has 0 radical (unpaired) electrons. The lowest BCUT2D eigenvalue weighted by molar-refractivity contribution is -0.140. The van der Waals surface area contributed by atoms with E-state index < -0.39 is 23.6 Å². The molecule has 8 nitrogen and oxygen atoms in total. The standard InChI is InChI=1S/C25H21N3O5S/c1-13(2)33-25(32)21-20(15-5-9-17(30)10-6-15)18(12-26)22(27)28-23(31)19(34-24(21)28)11-14-3-7-16(29)8-4-14/h3-11,13,20,29-30H,27H2,1-2H3/t20-/m1/s1. The summed E-state index contributed by atoms with van der Waals surface area (Å²) in [6.07, 6.45) is 1.19. The Kier molecular flexibility index (Phi) is 6.01. The van der Waals surface area contributed by atoms with Gasteiger partial charge in [0.05, 0.1) is 33.8 Å². The average molecular weight is 476 g/mol. The molecule has 0 saturated heterocycles. The maximum absolute atomic E-state index is 13.3. The molecule has 0 fully saturated rings. The van der Waals surface area contributed by atoms with Crippen LogP contribution in [0.1, 0.15) is 30.9 Å². The van der Waals surface area contributed by atoms with Crippen LogP contribution in [0.15, 0.2) is 58.9 Å². The first-order chi connectivity index (χ1) is 16.2. The van der Waals surface area contributed by atoms with Crippen LogP contribution in [0.25, 0.3) is 17.5 Å². The van der Waals surface area contributed by atoms with Gasteiger partial charge in [-0.1, -0.05) is 24.3 Å². The number of nitrogens with zero attached hydrogens (tertiary/aromatic N) is 2. The predicted octanol–water partition coefficient (Wildman–Crippen LogP) is 1.70. The summed E-state index contributed by atoms with van der Waals surface area (Å²) < 4.78 is 7.22. The average Bonchev–Trinajstić information content (AvgIpc) is 3.11. The van der Waals surface area contributed by atoms with Crippen molar-refractivity contribution in [3.05, 3.63) is 84.8 Å². The minimum Gasteiger partial charge on any atom is -0.508 e. The van der Waals surface area contributed by atoms with Crippen LogP contribution in [0, 0.1) is 11.3 Å².